The van der Waals surface area contributed by atoms with E-state index in [0.717, 1.165) is 16.0 Å². The number of anilines is 1. The Balaban J connectivity index is 1.31. The molecule has 224 valence electrons. The van der Waals surface area contributed by atoms with Crippen LogP contribution in [0.1, 0.15) is 27.8 Å². The molecular weight excluding hydrogens is 603 g/mol. The Kier molecular flexibility index (Phi) is 9.23. The molecule has 1 fully saturated rings. The number of carbonyl (C=O) groups excluding carboxylic acids is 3. The predicted molar refractivity (Wildman–Crippen MR) is 169 cm³/mol. The van der Waals surface area contributed by atoms with Crippen molar-refractivity contribution >= 4 is 52.8 Å². The second-order valence-corrected chi connectivity index (χ2v) is 10.9. The van der Waals surface area contributed by atoms with Crippen molar-refractivity contribution in [2.75, 3.05) is 12.0 Å². The van der Waals surface area contributed by atoms with Crippen LogP contribution in [0, 0.1) is 13.8 Å². The Morgan fingerprint density at radius 1 is 0.795 bits per heavy atom. The third kappa shape index (κ3) is 6.88. The summed E-state index contributed by atoms with van der Waals surface area (Å²) in [6.07, 6.45) is 1.40. The number of rotatable bonds is 9. The van der Waals surface area contributed by atoms with Gasteiger partial charge in [0.25, 0.3) is 11.8 Å². The third-order valence-corrected chi connectivity index (χ3v) is 7.66. The fraction of sp³-hybridized carbons (Fsp3) is 0.147. The van der Waals surface area contributed by atoms with Crippen molar-refractivity contribution in [3.63, 3.8) is 0 Å². The van der Waals surface area contributed by atoms with Crippen LogP contribution >= 0.6 is 23.2 Å². The largest absolute Gasteiger partial charge is 0.493 e. The molecule has 1 heterocycles. The van der Waals surface area contributed by atoms with Gasteiger partial charge in [-0.2, -0.15) is 0 Å². The molecule has 1 aliphatic heterocycles. The van der Waals surface area contributed by atoms with Gasteiger partial charge < -0.3 is 14.2 Å². The van der Waals surface area contributed by atoms with E-state index in [4.69, 9.17) is 37.4 Å². The van der Waals surface area contributed by atoms with Gasteiger partial charge in [-0.1, -0.05) is 53.5 Å². The molecule has 0 saturated carbocycles. The summed E-state index contributed by atoms with van der Waals surface area (Å²) in [5.41, 5.74) is 4.69. The molecule has 0 aliphatic carbocycles. The average molecular weight is 632 g/mol. The highest BCUT2D eigenvalue weighted by Crippen LogP contribution is 2.31. The van der Waals surface area contributed by atoms with Crippen molar-refractivity contribution in [2.24, 2.45) is 0 Å². The summed E-state index contributed by atoms with van der Waals surface area (Å²) in [6.45, 7) is 4.63. The monoisotopic (exact) mass is 630 g/mol. The van der Waals surface area contributed by atoms with Gasteiger partial charge in [0.1, 0.15) is 24.5 Å². The fourth-order valence-electron chi connectivity index (χ4n) is 4.50. The highest BCUT2D eigenvalue weighted by molar-refractivity contribution is 6.39. The summed E-state index contributed by atoms with van der Waals surface area (Å²) in [4.78, 5) is 39.7. The van der Waals surface area contributed by atoms with Crippen LogP contribution in [0.5, 0.6) is 17.2 Å². The average Bonchev–Trinajstić information content (AvgIpc) is 3.00. The number of urea groups is 1. The van der Waals surface area contributed by atoms with Crippen LogP contribution in [0.15, 0.2) is 84.4 Å². The van der Waals surface area contributed by atoms with Crippen molar-refractivity contribution < 1.29 is 28.6 Å². The minimum atomic E-state index is -0.855. The number of hydrogen-bond donors (Lipinski definition) is 1. The molecular formula is C34H28Cl2N2O6. The SMILES string of the molecule is COc1cc(/C=C2\C(=O)NC(=O)N(c3ccc(OCc4ccc(Cl)cc4Cl)cc3)C2=O)ccc1OCc1ccc(C)c(C)c1. The maximum atomic E-state index is 13.4. The summed E-state index contributed by atoms with van der Waals surface area (Å²) >= 11 is 12.2. The summed E-state index contributed by atoms with van der Waals surface area (Å²) in [6, 6.07) is 21.8. The van der Waals surface area contributed by atoms with E-state index in [0.29, 0.717) is 39.5 Å². The lowest BCUT2D eigenvalue weighted by molar-refractivity contribution is -0.122. The maximum absolute atomic E-state index is 13.4. The molecule has 10 heteroatoms. The first-order chi connectivity index (χ1) is 21.1. The van der Waals surface area contributed by atoms with Gasteiger partial charge >= 0.3 is 6.03 Å². The number of benzene rings is 4. The van der Waals surface area contributed by atoms with Gasteiger partial charge in [0, 0.05) is 15.6 Å². The summed E-state index contributed by atoms with van der Waals surface area (Å²) in [7, 11) is 1.51. The molecule has 0 atom stereocenters. The van der Waals surface area contributed by atoms with Crippen LogP contribution in [-0.4, -0.2) is 25.0 Å². The standard InChI is InChI=1S/C34H28Cl2N2O6/c1-20-4-5-23(14-21(20)2)18-44-30-13-6-22(16-31(30)42-3)15-28-32(39)37-34(41)38(33(28)40)26-9-11-27(12-10-26)43-19-24-7-8-25(35)17-29(24)36/h4-17H,18-19H2,1-3H3,(H,37,39,41)/b28-15+. The predicted octanol–water partition coefficient (Wildman–Crippen LogP) is 7.44. The van der Waals surface area contributed by atoms with Gasteiger partial charge in [0.15, 0.2) is 11.5 Å². The van der Waals surface area contributed by atoms with Crippen LogP contribution in [0.3, 0.4) is 0 Å². The first-order valence-corrected chi connectivity index (χ1v) is 14.3. The van der Waals surface area contributed by atoms with E-state index in [1.54, 1.807) is 60.7 Å². The normalized spacial score (nSPS) is 14.1. The molecule has 8 nitrogen and oxygen atoms in total. The molecule has 0 radical (unpaired) electrons. The lowest BCUT2D eigenvalue weighted by Crippen LogP contribution is -2.54. The van der Waals surface area contributed by atoms with E-state index in [9.17, 15) is 14.4 Å². The van der Waals surface area contributed by atoms with Crippen molar-refractivity contribution in [3.05, 3.63) is 122 Å². The van der Waals surface area contributed by atoms with Crippen molar-refractivity contribution in [2.45, 2.75) is 27.1 Å². The van der Waals surface area contributed by atoms with Crippen LogP contribution < -0.4 is 24.4 Å². The zero-order valence-electron chi connectivity index (χ0n) is 24.1. The van der Waals surface area contributed by atoms with E-state index in [2.05, 4.69) is 18.3 Å². The molecule has 4 amide bonds. The third-order valence-electron chi connectivity index (χ3n) is 7.07. The van der Waals surface area contributed by atoms with Crippen LogP contribution in [0.4, 0.5) is 10.5 Å². The Labute approximate surface area is 264 Å². The fourth-order valence-corrected chi connectivity index (χ4v) is 4.96. The molecule has 4 aromatic rings. The van der Waals surface area contributed by atoms with Gasteiger partial charge in [-0.05, 0) is 90.7 Å². The molecule has 4 aromatic carbocycles. The zero-order valence-corrected chi connectivity index (χ0v) is 25.7. The van der Waals surface area contributed by atoms with Crippen LogP contribution in [-0.2, 0) is 22.8 Å². The molecule has 1 saturated heterocycles. The first kappa shape index (κ1) is 30.7. The maximum Gasteiger partial charge on any atom is 0.335 e. The van der Waals surface area contributed by atoms with Gasteiger partial charge in [-0.15, -0.1) is 0 Å². The molecule has 1 aliphatic rings. The molecule has 0 spiro atoms. The van der Waals surface area contributed by atoms with Crippen LogP contribution in [0.2, 0.25) is 10.0 Å². The highest BCUT2D eigenvalue weighted by atomic mass is 35.5. The number of carbonyl (C=O) groups is 3. The number of methoxy groups -OCH3 is 1. The molecule has 5 rings (SSSR count). The first-order valence-electron chi connectivity index (χ1n) is 13.6. The number of amides is 4. The topological polar surface area (TPSA) is 94.2 Å². The van der Waals surface area contributed by atoms with Gasteiger partial charge in [0.05, 0.1) is 12.8 Å². The van der Waals surface area contributed by atoms with Crippen LogP contribution in [0.25, 0.3) is 6.08 Å². The number of hydrogen-bond acceptors (Lipinski definition) is 6. The molecule has 0 aromatic heterocycles. The number of aryl methyl sites for hydroxylation is 2. The van der Waals surface area contributed by atoms with E-state index < -0.39 is 17.8 Å². The van der Waals surface area contributed by atoms with E-state index in [-0.39, 0.29) is 17.9 Å². The van der Waals surface area contributed by atoms with E-state index in [1.807, 2.05) is 19.1 Å². The quantitative estimate of drug-likeness (QED) is 0.152. The second-order valence-electron chi connectivity index (χ2n) is 10.1. The minimum absolute atomic E-state index is 0.193. The van der Waals surface area contributed by atoms with Crippen molar-refractivity contribution in [1.29, 1.82) is 0 Å². The minimum Gasteiger partial charge on any atom is -0.493 e. The molecule has 44 heavy (non-hydrogen) atoms. The summed E-state index contributed by atoms with van der Waals surface area (Å²) in [5, 5.41) is 3.23. The highest BCUT2D eigenvalue weighted by Gasteiger charge is 2.36. The number of halogens is 2. The number of imide groups is 2. The Bertz CT molecular complexity index is 1790. The Hall–Kier alpha value is -4.79. The Morgan fingerprint density at radius 2 is 1.57 bits per heavy atom. The molecule has 0 bridgehead atoms. The van der Waals surface area contributed by atoms with Gasteiger partial charge in [0.2, 0.25) is 0 Å². The van der Waals surface area contributed by atoms with Crippen molar-refractivity contribution in [3.8, 4) is 17.2 Å². The van der Waals surface area contributed by atoms with Gasteiger partial charge in [-0.3, -0.25) is 14.9 Å². The summed E-state index contributed by atoms with van der Waals surface area (Å²) in [5.74, 6) is -0.150. The van der Waals surface area contributed by atoms with E-state index in [1.165, 1.54) is 24.3 Å². The number of nitrogens with one attached hydrogen (secondary N) is 1. The second kappa shape index (κ2) is 13.2. The number of ether oxygens (including phenoxy) is 3. The lowest BCUT2D eigenvalue weighted by atomic mass is 10.1. The zero-order chi connectivity index (χ0) is 31.4. The lowest BCUT2D eigenvalue weighted by Gasteiger charge is -2.26. The smallest absolute Gasteiger partial charge is 0.335 e. The van der Waals surface area contributed by atoms with Gasteiger partial charge in [-0.25, -0.2) is 9.69 Å². The summed E-state index contributed by atoms with van der Waals surface area (Å²) < 4.78 is 17.3. The molecule has 0 unspecified atom stereocenters. The number of barbiturate groups is 1. The van der Waals surface area contributed by atoms with Crippen molar-refractivity contribution in [1.82, 2.24) is 5.32 Å². The van der Waals surface area contributed by atoms with E-state index >= 15 is 0 Å². The number of nitrogens with zero attached hydrogens (tertiary/aromatic N) is 1. The molecule has 1 N–H and O–H groups in total. The Morgan fingerprint density at radius 3 is 2.27 bits per heavy atom.